The van der Waals surface area contributed by atoms with E-state index >= 15 is 0 Å². The number of carbonyl (C=O) groups is 1. The second kappa shape index (κ2) is 9.01. The quantitative estimate of drug-likeness (QED) is 0.534. The molecule has 0 heterocycles. The lowest BCUT2D eigenvalue weighted by atomic mass is 10.1. The molecule has 3 aromatic rings. The Morgan fingerprint density at radius 2 is 1.72 bits per heavy atom. The molecule has 29 heavy (non-hydrogen) atoms. The molecule has 0 aromatic heterocycles. The van der Waals surface area contributed by atoms with Gasteiger partial charge in [0.2, 0.25) is 0 Å². The summed E-state index contributed by atoms with van der Waals surface area (Å²) >= 11 is 6.07. The van der Waals surface area contributed by atoms with Gasteiger partial charge >= 0.3 is 0 Å². The molecule has 0 fully saturated rings. The van der Waals surface area contributed by atoms with Gasteiger partial charge in [-0.3, -0.25) is 4.79 Å². The first-order chi connectivity index (χ1) is 13.9. The number of amides is 1. The highest BCUT2D eigenvalue weighted by Crippen LogP contribution is 2.25. The molecule has 0 saturated carbocycles. The molecule has 0 saturated heterocycles. The van der Waals surface area contributed by atoms with Crippen LogP contribution in [0.4, 0.5) is 5.69 Å². The summed E-state index contributed by atoms with van der Waals surface area (Å²) in [4.78, 5) is 12.7. The van der Waals surface area contributed by atoms with Gasteiger partial charge in [-0.1, -0.05) is 17.7 Å². The van der Waals surface area contributed by atoms with Crippen molar-refractivity contribution in [2.45, 2.75) is 27.4 Å². The Bertz CT molecular complexity index is 1050. The summed E-state index contributed by atoms with van der Waals surface area (Å²) in [6.07, 6.45) is 0. The number of carbonyl (C=O) groups excluding carboxylic acids is 1. The SMILES string of the molecule is COc1ccc(C(=O)Nc2ccc(C)c(C)c2)cc1COc1ccc(Cl)c(C)c1. The Morgan fingerprint density at radius 3 is 2.41 bits per heavy atom. The number of hydrogen-bond donors (Lipinski definition) is 1. The van der Waals surface area contributed by atoms with Crippen LogP contribution in [0, 0.1) is 20.8 Å². The van der Waals surface area contributed by atoms with Gasteiger partial charge in [0, 0.05) is 21.8 Å². The van der Waals surface area contributed by atoms with Gasteiger partial charge in [0.15, 0.2) is 0 Å². The summed E-state index contributed by atoms with van der Waals surface area (Å²) in [6, 6.07) is 16.7. The molecule has 1 N–H and O–H groups in total. The monoisotopic (exact) mass is 409 g/mol. The molecule has 3 aromatic carbocycles. The van der Waals surface area contributed by atoms with Gasteiger partial charge in [-0.25, -0.2) is 0 Å². The number of halogens is 1. The van der Waals surface area contributed by atoms with Crippen LogP contribution < -0.4 is 14.8 Å². The van der Waals surface area contributed by atoms with Crippen molar-refractivity contribution >= 4 is 23.2 Å². The van der Waals surface area contributed by atoms with Crippen LogP contribution in [-0.2, 0) is 6.61 Å². The maximum atomic E-state index is 12.7. The fourth-order valence-corrected chi connectivity index (χ4v) is 3.04. The Kier molecular flexibility index (Phi) is 6.45. The summed E-state index contributed by atoms with van der Waals surface area (Å²) in [7, 11) is 1.60. The van der Waals surface area contributed by atoms with E-state index in [-0.39, 0.29) is 12.5 Å². The van der Waals surface area contributed by atoms with E-state index in [1.165, 1.54) is 5.56 Å². The molecule has 0 spiro atoms. The summed E-state index contributed by atoms with van der Waals surface area (Å²) in [5.74, 6) is 1.19. The van der Waals surface area contributed by atoms with Gasteiger partial charge in [0.05, 0.1) is 7.11 Å². The maximum Gasteiger partial charge on any atom is 0.255 e. The zero-order valence-electron chi connectivity index (χ0n) is 17.0. The van der Waals surface area contributed by atoms with Crippen molar-refractivity contribution in [3.8, 4) is 11.5 Å². The molecule has 150 valence electrons. The summed E-state index contributed by atoms with van der Waals surface area (Å²) in [5, 5.41) is 3.64. The standard InChI is InChI=1S/C24H24ClNO3/c1-15-5-7-20(11-16(15)2)26-24(27)18-6-10-23(28-4)19(13-18)14-29-21-8-9-22(25)17(3)12-21/h5-13H,14H2,1-4H3,(H,26,27). The highest BCUT2D eigenvalue weighted by molar-refractivity contribution is 6.31. The molecule has 5 heteroatoms. The predicted molar refractivity (Wildman–Crippen MR) is 117 cm³/mol. The van der Waals surface area contributed by atoms with Crippen LogP contribution in [0.2, 0.25) is 5.02 Å². The Hall–Kier alpha value is -2.98. The molecule has 0 aliphatic carbocycles. The van der Waals surface area contributed by atoms with E-state index in [1.807, 2.05) is 51.1 Å². The van der Waals surface area contributed by atoms with E-state index in [4.69, 9.17) is 21.1 Å². The second-order valence-corrected chi connectivity index (χ2v) is 7.39. The Balaban J connectivity index is 1.77. The highest BCUT2D eigenvalue weighted by Gasteiger charge is 2.12. The van der Waals surface area contributed by atoms with Crippen LogP contribution >= 0.6 is 11.6 Å². The van der Waals surface area contributed by atoms with E-state index in [1.54, 1.807) is 31.4 Å². The van der Waals surface area contributed by atoms with Crippen LogP contribution in [-0.4, -0.2) is 13.0 Å². The molecule has 0 aliphatic rings. The fourth-order valence-electron chi connectivity index (χ4n) is 2.92. The number of ether oxygens (including phenoxy) is 2. The third kappa shape index (κ3) is 5.09. The third-order valence-corrected chi connectivity index (χ3v) is 5.26. The summed E-state index contributed by atoms with van der Waals surface area (Å²) < 4.78 is 11.3. The van der Waals surface area contributed by atoms with Crippen molar-refractivity contribution < 1.29 is 14.3 Å². The van der Waals surface area contributed by atoms with Gasteiger partial charge in [-0.15, -0.1) is 0 Å². The van der Waals surface area contributed by atoms with Crippen LogP contribution in [0.15, 0.2) is 54.6 Å². The second-order valence-electron chi connectivity index (χ2n) is 6.98. The van der Waals surface area contributed by atoms with Crippen molar-refractivity contribution in [2.24, 2.45) is 0 Å². The summed E-state index contributed by atoms with van der Waals surface area (Å²) in [6.45, 7) is 6.26. The van der Waals surface area contributed by atoms with Crippen molar-refractivity contribution in [2.75, 3.05) is 12.4 Å². The van der Waals surface area contributed by atoms with E-state index in [2.05, 4.69) is 5.32 Å². The van der Waals surface area contributed by atoms with Gasteiger partial charge in [0.25, 0.3) is 5.91 Å². The first-order valence-corrected chi connectivity index (χ1v) is 9.69. The molecule has 0 aliphatic heterocycles. The highest BCUT2D eigenvalue weighted by atomic mass is 35.5. The number of nitrogens with one attached hydrogen (secondary N) is 1. The average molecular weight is 410 g/mol. The first kappa shape index (κ1) is 20.7. The molecular formula is C24H24ClNO3. The van der Waals surface area contributed by atoms with Crippen LogP contribution in [0.3, 0.4) is 0 Å². The third-order valence-electron chi connectivity index (χ3n) is 4.83. The van der Waals surface area contributed by atoms with E-state index < -0.39 is 0 Å². The molecular weight excluding hydrogens is 386 g/mol. The summed E-state index contributed by atoms with van der Waals surface area (Å²) in [5.41, 5.74) is 5.35. The lowest BCUT2D eigenvalue weighted by molar-refractivity contribution is 0.102. The Morgan fingerprint density at radius 1 is 0.931 bits per heavy atom. The van der Waals surface area contributed by atoms with Crippen LogP contribution in [0.25, 0.3) is 0 Å². The molecule has 1 amide bonds. The van der Waals surface area contributed by atoms with Crippen LogP contribution in [0.5, 0.6) is 11.5 Å². The van der Waals surface area contributed by atoms with Crippen molar-refractivity contribution in [1.82, 2.24) is 0 Å². The largest absolute Gasteiger partial charge is 0.496 e. The topological polar surface area (TPSA) is 47.6 Å². The number of hydrogen-bond acceptors (Lipinski definition) is 3. The molecule has 3 rings (SSSR count). The van der Waals surface area contributed by atoms with Gasteiger partial charge in [0.1, 0.15) is 18.1 Å². The zero-order valence-corrected chi connectivity index (χ0v) is 17.8. The molecule has 0 unspecified atom stereocenters. The van der Waals surface area contributed by atoms with Crippen molar-refractivity contribution in [3.63, 3.8) is 0 Å². The number of aryl methyl sites for hydroxylation is 3. The first-order valence-electron chi connectivity index (χ1n) is 9.32. The predicted octanol–water partition coefficient (Wildman–Crippen LogP) is 6.11. The van der Waals surface area contributed by atoms with E-state index in [9.17, 15) is 4.79 Å². The van der Waals surface area contributed by atoms with E-state index in [0.717, 1.165) is 22.4 Å². The minimum absolute atomic E-state index is 0.181. The van der Waals surface area contributed by atoms with E-state index in [0.29, 0.717) is 22.1 Å². The fraction of sp³-hybridized carbons (Fsp3) is 0.208. The number of methoxy groups -OCH3 is 1. The maximum absolute atomic E-state index is 12.7. The van der Waals surface area contributed by atoms with Gasteiger partial charge in [-0.2, -0.15) is 0 Å². The Labute approximate surface area is 176 Å². The lowest BCUT2D eigenvalue weighted by Gasteiger charge is -2.13. The molecule has 4 nitrogen and oxygen atoms in total. The van der Waals surface area contributed by atoms with Crippen molar-refractivity contribution in [3.05, 3.63) is 87.4 Å². The van der Waals surface area contributed by atoms with Crippen LogP contribution in [0.1, 0.15) is 32.6 Å². The smallest absolute Gasteiger partial charge is 0.255 e. The normalized spacial score (nSPS) is 10.5. The lowest BCUT2D eigenvalue weighted by Crippen LogP contribution is -2.13. The molecule has 0 radical (unpaired) electrons. The van der Waals surface area contributed by atoms with Gasteiger partial charge < -0.3 is 14.8 Å². The zero-order chi connectivity index (χ0) is 21.0. The number of anilines is 1. The average Bonchev–Trinajstić information content (AvgIpc) is 2.71. The van der Waals surface area contributed by atoms with Gasteiger partial charge in [-0.05, 0) is 86.0 Å². The molecule has 0 atom stereocenters. The number of benzene rings is 3. The minimum atomic E-state index is -0.181. The van der Waals surface area contributed by atoms with Crippen molar-refractivity contribution in [1.29, 1.82) is 0 Å². The minimum Gasteiger partial charge on any atom is -0.496 e. The number of rotatable bonds is 6. The molecule has 0 bridgehead atoms.